The lowest BCUT2D eigenvalue weighted by atomic mass is 9.91. The fraction of sp³-hybridized carbons (Fsp3) is 0.524. The average Bonchev–Trinajstić information content (AvgIpc) is 3.05. The van der Waals surface area contributed by atoms with Gasteiger partial charge >= 0.3 is 6.03 Å². The van der Waals surface area contributed by atoms with Gasteiger partial charge in [0.25, 0.3) is 0 Å². The van der Waals surface area contributed by atoms with Crippen molar-refractivity contribution in [1.29, 1.82) is 0 Å². The fourth-order valence-corrected chi connectivity index (χ4v) is 3.85. The van der Waals surface area contributed by atoms with E-state index in [2.05, 4.69) is 10.0 Å². The van der Waals surface area contributed by atoms with Crippen molar-refractivity contribution < 1.29 is 27.9 Å². The summed E-state index contributed by atoms with van der Waals surface area (Å²) >= 11 is 0. The number of imide groups is 1. The number of carbonyl (C=O) groups excluding carboxylic acids is 2. The Hall–Kier alpha value is -2.43. The maximum Gasteiger partial charge on any atom is 0.324 e. The predicted molar refractivity (Wildman–Crippen MR) is 117 cm³/mol. The number of sulfonamides is 1. The number of hydrogen-bond donors (Lipinski definition) is 3. The van der Waals surface area contributed by atoms with E-state index in [0.29, 0.717) is 30.3 Å². The number of hydrogen-bond acceptors (Lipinski definition) is 6. The lowest BCUT2D eigenvalue weighted by Crippen LogP contribution is -2.41. The molecule has 0 aliphatic carbocycles. The summed E-state index contributed by atoms with van der Waals surface area (Å²) in [5.74, 6) is 0.278. The summed E-state index contributed by atoms with van der Waals surface area (Å²) in [6.45, 7) is 6.30. The van der Waals surface area contributed by atoms with Crippen molar-refractivity contribution in [2.75, 3.05) is 32.0 Å². The quantitative estimate of drug-likeness (QED) is 0.324. The summed E-state index contributed by atoms with van der Waals surface area (Å²) in [7, 11) is -3.70. The molecule has 2 rings (SSSR count). The molecular weight excluding hydrogens is 422 g/mol. The third-order valence-electron chi connectivity index (χ3n) is 4.80. The van der Waals surface area contributed by atoms with Gasteiger partial charge in [-0.25, -0.2) is 17.9 Å². The van der Waals surface area contributed by atoms with Crippen LogP contribution in [-0.4, -0.2) is 62.4 Å². The Morgan fingerprint density at radius 1 is 1.32 bits per heavy atom. The average molecular weight is 454 g/mol. The molecule has 1 saturated heterocycles. The number of amides is 3. The first-order chi connectivity index (χ1) is 14.5. The van der Waals surface area contributed by atoms with Crippen molar-refractivity contribution in [3.05, 3.63) is 42.0 Å². The Bertz CT molecular complexity index is 915. The standard InChI is InChI=1S/C21H31N3O6S/c1-4-21(27,17-8-7-9-18(12-17)30-14-16(2)3)15-22-31(28,29)11-6-5-10-24-13-19(25)23-20(24)26/h5-9,12,16,22,27H,4,10-11,13-15H2,1-3H3,(H,23,25,26)/b6-5+/t21-/m1/s1. The Labute approximate surface area is 183 Å². The number of carbonyl (C=O) groups is 2. The third-order valence-corrected chi connectivity index (χ3v) is 6.02. The van der Waals surface area contributed by atoms with Crippen LogP contribution in [0, 0.1) is 5.92 Å². The van der Waals surface area contributed by atoms with Crippen LogP contribution in [0.2, 0.25) is 0 Å². The minimum Gasteiger partial charge on any atom is -0.493 e. The van der Waals surface area contributed by atoms with Gasteiger partial charge in [0.2, 0.25) is 15.9 Å². The molecule has 31 heavy (non-hydrogen) atoms. The summed E-state index contributed by atoms with van der Waals surface area (Å²) in [6.07, 6.45) is 3.22. The number of benzene rings is 1. The van der Waals surface area contributed by atoms with Gasteiger partial charge in [0.1, 0.15) is 17.9 Å². The largest absolute Gasteiger partial charge is 0.493 e. The van der Waals surface area contributed by atoms with Crippen LogP contribution in [0.5, 0.6) is 5.75 Å². The molecule has 1 aliphatic heterocycles. The van der Waals surface area contributed by atoms with E-state index in [9.17, 15) is 23.1 Å². The van der Waals surface area contributed by atoms with Crippen molar-refractivity contribution in [2.24, 2.45) is 5.92 Å². The number of ether oxygens (including phenoxy) is 1. The summed E-state index contributed by atoms with van der Waals surface area (Å²) in [4.78, 5) is 23.8. The van der Waals surface area contributed by atoms with Crippen molar-refractivity contribution >= 4 is 22.0 Å². The van der Waals surface area contributed by atoms with E-state index in [1.54, 1.807) is 31.2 Å². The number of aliphatic hydroxyl groups is 1. The number of nitrogens with one attached hydrogen (secondary N) is 2. The Kier molecular flexibility index (Phi) is 8.60. The Morgan fingerprint density at radius 3 is 2.68 bits per heavy atom. The highest BCUT2D eigenvalue weighted by molar-refractivity contribution is 7.89. The van der Waals surface area contributed by atoms with Crippen LogP contribution in [0.4, 0.5) is 4.79 Å². The maximum absolute atomic E-state index is 12.3. The zero-order valence-electron chi connectivity index (χ0n) is 18.1. The summed E-state index contributed by atoms with van der Waals surface area (Å²) in [5.41, 5.74) is -0.818. The zero-order valence-corrected chi connectivity index (χ0v) is 18.9. The molecule has 1 aromatic rings. The van der Waals surface area contributed by atoms with Crippen LogP contribution in [-0.2, 0) is 20.4 Å². The SMILES string of the molecule is CC[C@@](O)(CNS(=O)(=O)C/C=C/CN1CC(=O)NC1=O)c1cccc(OCC(C)C)c1. The maximum atomic E-state index is 12.3. The van der Waals surface area contributed by atoms with Gasteiger partial charge in [-0.3, -0.25) is 10.1 Å². The smallest absolute Gasteiger partial charge is 0.324 e. The molecule has 3 N–H and O–H groups in total. The van der Waals surface area contributed by atoms with Crippen LogP contribution in [0.25, 0.3) is 0 Å². The Balaban J connectivity index is 1.93. The van der Waals surface area contributed by atoms with Crippen LogP contribution >= 0.6 is 0 Å². The van der Waals surface area contributed by atoms with Gasteiger partial charge in [-0.15, -0.1) is 0 Å². The second-order valence-corrected chi connectivity index (χ2v) is 9.78. The van der Waals surface area contributed by atoms with E-state index < -0.39 is 21.7 Å². The Morgan fingerprint density at radius 2 is 2.06 bits per heavy atom. The molecule has 10 heteroatoms. The van der Waals surface area contributed by atoms with Crippen LogP contribution in [0.15, 0.2) is 36.4 Å². The molecule has 0 bridgehead atoms. The van der Waals surface area contributed by atoms with Gasteiger partial charge in [0.15, 0.2) is 0 Å². The molecule has 0 spiro atoms. The van der Waals surface area contributed by atoms with Gasteiger partial charge in [0.05, 0.1) is 12.4 Å². The van der Waals surface area contributed by atoms with E-state index in [1.165, 1.54) is 17.1 Å². The molecule has 0 aromatic heterocycles. The van der Waals surface area contributed by atoms with Crippen molar-refractivity contribution in [3.63, 3.8) is 0 Å². The summed E-state index contributed by atoms with van der Waals surface area (Å²) in [6, 6.07) is 6.53. The predicted octanol–water partition coefficient (Wildman–Crippen LogP) is 1.35. The first-order valence-electron chi connectivity index (χ1n) is 10.2. The lowest BCUT2D eigenvalue weighted by molar-refractivity contribution is -0.118. The van der Waals surface area contributed by atoms with Gasteiger partial charge in [-0.05, 0) is 30.0 Å². The normalized spacial score (nSPS) is 16.7. The molecule has 1 aliphatic rings. The second-order valence-electron chi connectivity index (χ2n) is 7.93. The summed E-state index contributed by atoms with van der Waals surface area (Å²) < 4.78 is 32.8. The lowest BCUT2D eigenvalue weighted by Gasteiger charge is -2.28. The minimum atomic E-state index is -3.70. The molecular formula is C21H31N3O6S. The van der Waals surface area contributed by atoms with Crippen molar-refractivity contribution in [1.82, 2.24) is 14.9 Å². The summed E-state index contributed by atoms with van der Waals surface area (Å²) in [5, 5.41) is 13.2. The highest BCUT2D eigenvalue weighted by Gasteiger charge is 2.29. The first-order valence-corrected chi connectivity index (χ1v) is 11.9. The third kappa shape index (κ3) is 7.64. The molecule has 1 fully saturated rings. The van der Waals surface area contributed by atoms with E-state index >= 15 is 0 Å². The number of urea groups is 1. The highest BCUT2D eigenvalue weighted by Crippen LogP contribution is 2.27. The molecule has 1 aromatic carbocycles. The monoisotopic (exact) mass is 453 g/mol. The van der Waals surface area contributed by atoms with E-state index in [4.69, 9.17) is 4.74 Å². The molecule has 172 valence electrons. The second kappa shape index (κ2) is 10.7. The van der Waals surface area contributed by atoms with E-state index in [-0.39, 0.29) is 31.3 Å². The molecule has 1 heterocycles. The van der Waals surface area contributed by atoms with Crippen LogP contribution in [0.3, 0.4) is 0 Å². The van der Waals surface area contributed by atoms with Crippen molar-refractivity contribution in [2.45, 2.75) is 32.8 Å². The number of nitrogens with zero attached hydrogens (tertiary/aromatic N) is 1. The van der Waals surface area contributed by atoms with E-state index in [0.717, 1.165) is 0 Å². The highest BCUT2D eigenvalue weighted by atomic mass is 32.2. The van der Waals surface area contributed by atoms with E-state index in [1.807, 2.05) is 13.8 Å². The number of rotatable bonds is 12. The van der Waals surface area contributed by atoms with Gasteiger partial charge < -0.3 is 14.7 Å². The first kappa shape index (κ1) is 24.8. The van der Waals surface area contributed by atoms with Gasteiger partial charge in [0, 0.05) is 13.1 Å². The fourth-order valence-electron chi connectivity index (χ4n) is 2.88. The molecule has 1 atom stereocenters. The molecule has 0 unspecified atom stereocenters. The molecule has 0 saturated carbocycles. The zero-order chi connectivity index (χ0) is 23.1. The van der Waals surface area contributed by atoms with Gasteiger partial charge in [-0.1, -0.05) is 45.1 Å². The molecule has 0 radical (unpaired) electrons. The van der Waals surface area contributed by atoms with Gasteiger partial charge in [-0.2, -0.15) is 0 Å². The molecule has 3 amide bonds. The van der Waals surface area contributed by atoms with Crippen molar-refractivity contribution in [3.8, 4) is 5.75 Å². The topological polar surface area (TPSA) is 125 Å². The van der Waals surface area contributed by atoms with Crippen LogP contribution < -0.4 is 14.8 Å². The minimum absolute atomic E-state index is 0.0440. The molecule has 9 nitrogen and oxygen atoms in total. The van der Waals surface area contributed by atoms with Crippen LogP contribution in [0.1, 0.15) is 32.8 Å².